The highest BCUT2D eigenvalue weighted by Gasteiger charge is 2.42. The zero-order valence-corrected chi connectivity index (χ0v) is 39.7. The molecule has 336 valence electrons. The van der Waals surface area contributed by atoms with Crippen molar-refractivity contribution in [3.63, 3.8) is 0 Å². The molecular formula is C72H48. The van der Waals surface area contributed by atoms with Crippen molar-refractivity contribution in [1.29, 1.82) is 0 Å². The highest BCUT2D eigenvalue weighted by Crippen LogP contribution is 2.53. The molecule has 0 amide bonds. The van der Waals surface area contributed by atoms with Crippen LogP contribution in [0.25, 0.3) is 109 Å². The van der Waals surface area contributed by atoms with Crippen LogP contribution in [0.1, 0.15) is 22.6 Å². The van der Waals surface area contributed by atoms with Crippen molar-refractivity contribution in [2.24, 2.45) is 0 Å². The third-order valence-corrected chi connectivity index (χ3v) is 15.7. The largest absolute Gasteiger partial charge is 0.0755 e. The molecule has 0 N–H and O–H groups in total. The molecule has 0 heterocycles. The summed E-state index contributed by atoms with van der Waals surface area (Å²) in [5.41, 5.74) is 13.3. The van der Waals surface area contributed by atoms with E-state index in [1.54, 1.807) is 0 Å². The second kappa shape index (κ2) is 17.1. The van der Waals surface area contributed by atoms with Crippen molar-refractivity contribution in [3.8, 4) is 44.5 Å². The van der Waals surface area contributed by atoms with Crippen LogP contribution in [0, 0.1) is 0 Å². The minimum absolute atomic E-state index is 0.0137. The van der Waals surface area contributed by atoms with E-state index >= 15 is 0 Å². The summed E-state index contributed by atoms with van der Waals surface area (Å²) in [7, 11) is 0. The molecule has 0 saturated carbocycles. The number of rotatable bonds is 7. The maximum atomic E-state index is 2.48. The molecule has 14 rings (SSSR count). The quantitative estimate of drug-likeness (QED) is 0.140. The van der Waals surface area contributed by atoms with E-state index in [9.17, 15) is 0 Å². The fraction of sp³-hybridized carbons (Fsp3) is 0.0278. The number of hydrogen-bond acceptors (Lipinski definition) is 0. The average molecular weight is 913 g/mol. The van der Waals surface area contributed by atoms with Crippen LogP contribution < -0.4 is 0 Å². The molecule has 0 fully saturated rings. The molecule has 13 aromatic carbocycles. The van der Waals surface area contributed by atoms with E-state index in [0.717, 1.165) is 0 Å². The number of hydrogen-bond donors (Lipinski definition) is 0. The van der Waals surface area contributed by atoms with Gasteiger partial charge in [-0.25, -0.2) is 0 Å². The minimum atomic E-state index is -0.547. The van der Waals surface area contributed by atoms with Gasteiger partial charge in [0, 0.05) is 11.3 Å². The van der Waals surface area contributed by atoms with Crippen LogP contribution in [-0.4, -0.2) is 0 Å². The van der Waals surface area contributed by atoms with Crippen molar-refractivity contribution >= 4 is 64.6 Å². The van der Waals surface area contributed by atoms with E-state index in [1.165, 1.54) is 126 Å². The Labute approximate surface area is 420 Å². The summed E-state index contributed by atoms with van der Waals surface area (Å²) in [5.74, 6) is -0.0137. The Hall–Kier alpha value is -9.10. The van der Waals surface area contributed by atoms with Crippen LogP contribution in [0.5, 0.6) is 0 Å². The number of allylic oxidation sites excluding steroid dienone is 4. The van der Waals surface area contributed by atoms with E-state index in [4.69, 9.17) is 0 Å². The van der Waals surface area contributed by atoms with E-state index in [0.29, 0.717) is 0 Å². The molecule has 0 aliphatic heterocycles. The first-order chi connectivity index (χ1) is 35.7. The topological polar surface area (TPSA) is 0 Å². The second-order valence-electron chi connectivity index (χ2n) is 19.4. The van der Waals surface area contributed by atoms with Gasteiger partial charge in [-0.15, -0.1) is 0 Å². The summed E-state index contributed by atoms with van der Waals surface area (Å²) < 4.78 is 0. The highest BCUT2D eigenvalue weighted by atomic mass is 14.4. The van der Waals surface area contributed by atoms with Gasteiger partial charge in [-0.1, -0.05) is 273 Å². The van der Waals surface area contributed by atoms with Gasteiger partial charge >= 0.3 is 0 Å². The van der Waals surface area contributed by atoms with Crippen molar-refractivity contribution < 1.29 is 0 Å². The molecule has 1 aliphatic carbocycles. The molecule has 0 spiro atoms. The van der Waals surface area contributed by atoms with Gasteiger partial charge in [0.1, 0.15) is 0 Å². The highest BCUT2D eigenvalue weighted by molar-refractivity contribution is 6.22. The fourth-order valence-corrected chi connectivity index (χ4v) is 12.5. The fourth-order valence-electron chi connectivity index (χ4n) is 12.5. The summed E-state index contributed by atoms with van der Waals surface area (Å²) in [5, 5.41) is 15.1. The Morgan fingerprint density at radius 3 is 1.10 bits per heavy atom. The summed E-state index contributed by atoms with van der Waals surface area (Å²) >= 11 is 0. The van der Waals surface area contributed by atoms with Crippen LogP contribution in [-0.2, 0) is 5.41 Å². The van der Waals surface area contributed by atoms with Gasteiger partial charge in [0.15, 0.2) is 0 Å². The van der Waals surface area contributed by atoms with E-state index < -0.39 is 5.41 Å². The van der Waals surface area contributed by atoms with Gasteiger partial charge in [-0.3, -0.25) is 0 Å². The molecular weight excluding hydrogens is 865 g/mol. The molecule has 72 heavy (non-hydrogen) atoms. The maximum absolute atomic E-state index is 2.48. The van der Waals surface area contributed by atoms with E-state index in [1.807, 2.05) is 0 Å². The lowest BCUT2D eigenvalue weighted by Gasteiger charge is -2.41. The summed E-state index contributed by atoms with van der Waals surface area (Å²) in [6.07, 6.45) is 9.44. The first-order valence-corrected chi connectivity index (χ1v) is 25.2. The van der Waals surface area contributed by atoms with Crippen LogP contribution in [0.4, 0.5) is 0 Å². The summed E-state index contributed by atoms with van der Waals surface area (Å²) in [6.45, 7) is 0. The van der Waals surface area contributed by atoms with Gasteiger partial charge < -0.3 is 0 Å². The van der Waals surface area contributed by atoms with Crippen molar-refractivity contribution in [2.45, 2.75) is 11.3 Å². The van der Waals surface area contributed by atoms with E-state index in [2.05, 4.69) is 285 Å². The molecule has 0 heteroatoms. The monoisotopic (exact) mass is 912 g/mol. The molecule has 0 bridgehead atoms. The molecule has 0 saturated heterocycles. The number of fused-ring (bicyclic) bond motifs is 6. The van der Waals surface area contributed by atoms with Gasteiger partial charge in [0.05, 0.1) is 0 Å². The van der Waals surface area contributed by atoms with Crippen LogP contribution in [0.2, 0.25) is 0 Å². The Morgan fingerprint density at radius 1 is 0.264 bits per heavy atom. The lowest BCUT2D eigenvalue weighted by Crippen LogP contribution is -2.34. The van der Waals surface area contributed by atoms with Crippen molar-refractivity contribution in [1.82, 2.24) is 0 Å². The normalized spacial score (nSPS) is 15.6. The van der Waals surface area contributed by atoms with Crippen LogP contribution >= 0.6 is 0 Å². The van der Waals surface area contributed by atoms with Gasteiger partial charge in [-0.2, -0.15) is 0 Å². The zero-order valence-electron chi connectivity index (χ0n) is 39.7. The minimum Gasteiger partial charge on any atom is -0.0755 e. The summed E-state index contributed by atoms with van der Waals surface area (Å²) in [4.78, 5) is 0. The Kier molecular flexibility index (Phi) is 9.93. The number of benzene rings is 13. The third kappa shape index (κ3) is 6.60. The van der Waals surface area contributed by atoms with Crippen LogP contribution in [0.15, 0.2) is 285 Å². The standard InChI is InChI=1S/C72H48/c1-3-20-49(21-4-1)68-57-27-9-13-31-61(57)70(62-32-14-10-28-58(62)68)51-39-37-48(38-40-51)66-35-17-18-45-72(66,67-36-19-26-55-46-53-24-7-8-25-54(53)47-65(55)67)56-43-41-52(42-44-56)71-63-33-15-11-29-59(63)69(50-22-5-2-6-23-50)60-30-12-16-34-64(60)71/h1-47,66H. The SMILES string of the molecule is C1=CC(c2ccc(-c3c4ccccc4c(-c4ccccc4)c4ccccc34)cc2)C(c2ccc(-c3c4ccccc4c(-c4ccccc4)c4ccccc34)cc2)(c2cccc3cc4ccccc4cc23)C=C1. The third-order valence-electron chi connectivity index (χ3n) is 15.7. The molecule has 0 aromatic heterocycles. The second-order valence-corrected chi connectivity index (χ2v) is 19.4. The predicted octanol–water partition coefficient (Wildman–Crippen LogP) is 19.5. The predicted molar refractivity (Wildman–Crippen MR) is 308 cm³/mol. The molecule has 2 unspecified atom stereocenters. The maximum Gasteiger partial charge on any atom is 0.0494 e. The van der Waals surface area contributed by atoms with Gasteiger partial charge in [0.25, 0.3) is 0 Å². The smallest absolute Gasteiger partial charge is 0.0494 e. The molecule has 0 nitrogen and oxygen atoms in total. The molecule has 1 aliphatic rings. The Morgan fingerprint density at radius 2 is 0.639 bits per heavy atom. The lowest BCUT2D eigenvalue weighted by atomic mass is 9.61. The van der Waals surface area contributed by atoms with E-state index in [-0.39, 0.29) is 5.92 Å². The molecule has 2 atom stereocenters. The lowest BCUT2D eigenvalue weighted by molar-refractivity contribution is 0.570. The van der Waals surface area contributed by atoms with Crippen molar-refractivity contribution in [3.05, 3.63) is 302 Å². The average Bonchev–Trinajstić information content (AvgIpc) is 3.45. The van der Waals surface area contributed by atoms with Gasteiger partial charge in [0.2, 0.25) is 0 Å². The first kappa shape index (κ1) is 41.8. The Bertz CT molecular complexity index is 4180. The van der Waals surface area contributed by atoms with Gasteiger partial charge in [-0.05, 0) is 138 Å². The van der Waals surface area contributed by atoms with Crippen molar-refractivity contribution in [2.75, 3.05) is 0 Å². The molecule has 0 radical (unpaired) electrons. The zero-order chi connectivity index (χ0) is 47.6. The van der Waals surface area contributed by atoms with Crippen LogP contribution in [0.3, 0.4) is 0 Å². The summed E-state index contributed by atoms with van der Waals surface area (Å²) in [6, 6.07) is 97.1. The first-order valence-electron chi connectivity index (χ1n) is 25.2. The molecule has 13 aromatic rings. The Balaban J connectivity index is 0.962.